The zero-order chi connectivity index (χ0) is 19.2. The summed E-state index contributed by atoms with van der Waals surface area (Å²) in [6, 6.07) is 18.1. The molecule has 0 saturated heterocycles. The molecule has 1 aromatic heterocycles. The first-order chi connectivity index (χ1) is 13.0. The Hall–Kier alpha value is -3.08. The Morgan fingerprint density at radius 3 is 2.41 bits per heavy atom. The summed E-state index contributed by atoms with van der Waals surface area (Å²) < 4.78 is 5.67. The summed E-state index contributed by atoms with van der Waals surface area (Å²) in [4.78, 5) is 9.09. The number of benzene rings is 2. The lowest BCUT2D eigenvalue weighted by molar-refractivity contribution is 0.342. The van der Waals surface area contributed by atoms with Crippen molar-refractivity contribution in [2.75, 3.05) is 17.2 Å². The largest absolute Gasteiger partial charge is 0.492 e. The quantitative estimate of drug-likeness (QED) is 0.557. The van der Waals surface area contributed by atoms with Crippen molar-refractivity contribution in [2.24, 2.45) is 0 Å². The third-order valence-corrected chi connectivity index (χ3v) is 4.14. The number of nitrogens with zero attached hydrogens (tertiary/aromatic N) is 2. The van der Waals surface area contributed by atoms with Crippen molar-refractivity contribution in [1.82, 2.24) is 9.97 Å². The summed E-state index contributed by atoms with van der Waals surface area (Å²) in [6.45, 7) is 8.90. The molecule has 0 aliphatic carbocycles. The molecular weight excluding hydrogens is 336 g/mol. The molecule has 0 atom stereocenters. The van der Waals surface area contributed by atoms with Gasteiger partial charge in [0.05, 0.1) is 12.3 Å². The van der Waals surface area contributed by atoms with Crippen LogP contribution in [-0.4, -0.2) is 16.6 Å². The first-order valence-electron chi connectivity index (χ1n) is 9.26. The fourth-order valence-electron chi connectivity index (χ4n) is 2.76. The normalized spacial score (nSPS) is 10.7. The number of ether oxygens (including phenoxy) is 1. The predicted octanol–water partition coefficient (Wildman–Crippen LogP) is 5.79. The number of hydrogen-bond donors (Lipinski definition) is 2. The summed E-state index contributed by atoms with van der Waals surface area (Å²) in [7, 11) is 0. The number of rotatable bonds is 7. The fraction of sp³-hybridized carbons (Fsp3) is 0.273. The second-order valence-electron chi connectivity index (χ2n) is 6.67. The van der Waals surface area contributed by atoms with Gasteiger partial charge in [-0.05, 0) is 49.6 Å². The van der Waals surface area contributed by atoms with Crippen LogP contribution in [0.25, 0.3) is 0 Å². The van der Waals surface area contributed by atoms with Crippen LogP contribution in [0.15, 0.2) is 54.6 Å². The number of anilines is 4. The van der Waals surface area contributed by atoms with E-state index in [1.54, 1.807) is 0 Å². The average Bonchev–Trinajstić information content (AvgIpc) is 2.63. The maximum atomic E-state index is 5.67. The van der Waals surface area contributed by atoms with Gasteiger partial charge in [0.1, 0.15) is 11.6 Å². The van der Waals surface area contributed by atoms with Crippen molar-refractivity contribution < 1.29 is 4.74 Å². The maximum Gasteiger partial charge on any atom is 0.229 e. The molecule has 0 aliphatic heterocycles. The standard InChI is InChI=1S/C22H26N4O/c1-5-27-20-9-7-6-8-19(20)25-21-14-16(4)23-22(26-21)24-18-12-10-17(11-13-18)15(2)3/h6-15H,5H2,1-4H3,(H2,23,24,25,26). The van der Waals surface area contributed by atoms with E-state index in [0.717, 1.165) is 28.6 Å². The number of aryl methyl sites for hydroxylation is 1. The SMILES string of the molecule is CCOc1ccccc1Nc1cc(C)nc(Nc2ccc(C(C)C)cc2)n1. The molecule has 3 aromatic rings. The summed E-state index contributed by atoms with van der Waals surface area (Å²) in [5, 5.41) is 6.62. The van der Waals surface area contributed by atoms with E-state index in [-0.39, 0.29) is 0 Å². The van der Waals surface area contributed by atoms with E-state index in [2.05, 4.69) is 58.7 Å². The van der Waals surface area contributed by atoms with Crippen LogP contribution in [-0.2, 0) is 0 Å². The molecule has 5 nitrogen and oxygen atoms in total. The molecule has 0 saturated carbocycles. The minimum Gasteiger partial charge on any atom is -0.492 e. The Morgan fingerprint density at radius 2 is 1.70 bits per heavy atom. The number of para-hydroxylation sites is 2. The van der Waals surface area contributed by atoms with Crippen molar-refractivity contribution in [3.05, 3.63) is 65.9 Å². The minimum atomic E-state index is 0.510. The van der Waals surface area contributed by atoms with Crippen molar-refractivity contribution in [2.45, 2.75) is 33.6 Å². The van der Waals surface area contributed by atoms with Crippen LogP contribution in [0, 0.1) is 6.92 Å². The van der Waals surface area contributed by atoms with E-state index in [9.17, 15) is 0 Å². The fourth-order valence-corrected chi connectivity index (χ4v) is 2.76. The minimum absolute atomic E-state index is 0.510. The Kier molecular flexibility index (Phi) is 5.91. The molecule has 3 rings (SSSR count). The molecule has 2 N–H and O–H groups in total. The lowest BCUT2D eigenvalue weighted by atomic mass is 10.0. The van der Waals surface area contributed by atoms with Crippen LogP contribution in [0.4, 0.5) is 23.1 Å². The summed E-state index contributed by atoms with van der Waals surface area (Å²) in [5.41, 5.74) is 4.03. The van der Waals surface area contributed by atoms with Gasteiger partial charge in [0.15, 0.2) is 0 Å². The Morgan fingerprint density at radius 1 is 0.963 bits per heavy atom. The van der Waals surface area contributed by atoms with E-state index >= 15 is 0 Å². The molecule has 2 aromatic carbocycles. The molecule has 1 heterocycles. The molecule has 27 heavy (non-hydrogen) atoms. The van der Waals surface area contributed by atoms with Crippen LogP contribution in [0.5, 0.6) is 5.75 Å². The van der Waals surface area contributed by atoms with Gasteiger partial charge in [0.2, 0.25) is 5.95 Å². The Bertz CT molecular complexity index is 891. The molecule has 0 bridgehead atoms. The van der Waals surface area contributed by atoms with E-state index in [1.807, 2.05) is 44.2 Å². The molecule has 140 valence electrons. The maximum absolute atomic E-state index is 5.67. The monoisotopic (exact) mass is 362 g/mol. The molecule has 0 unspecified atom stereocenters. The van der Waals surface area contributed by atoms with Gasteiger partial charge in [0, 0.05) is 17.4 Å². The van der Waals surface area contributed by atoms with E-state index in [4.69, 9.17) is 4.74 Å². The number of hydrogen-bond acceptors (Lipinski definition) is 5. The van der Waals surface area contributed by atoms with E-state index < -0.39 is 0 Å². The third kappa shape index (κ3) is 4.97. The third-order valence-electron chi connectivity index (χ3n) is 4.14. The van der Waals surface area contributed by atoms with Crippen molar-refractivity contribution in [3.8, 4) is 5.75 Å². The van der Waals surface area contributed by atoms with Gasteiger partial charge < -0.3 is 15.4 Å². The second-order valence-corrected chi connectivity index (χ2v) is 6.67. The second kappa shape index (κ2) is 8.54. The Labute approximate surface area is 160 Å². The van der Waals surface area contributed by atoms with Gasteiger partial charge in [-0.2, -0.15) is 4.98 Å². The summed E-state index contributed by atoms with van der Waals surface area (Å²) in [6.07, 6.45) is 0. The van der Waals surface area contributed by atoms with Gasteiger partial charge in [-0.25, -0.2) is 4.98 Å². The van der Waals surface area contributed by atoms with Gasteiger partial charge in [0.25, 0.3) is 0 Å². The molecule has 5 heteroatoms. The zero-order valence-corrected chi connectivity index (χ0v) is 16.3. The van der Waals surface area contributed by atoms with E-state index in [0.29, 0.717) is 18.5 Å². The topological polar surface area (TPSA) is 59.1 Å². The molecule has 0 aliphatic rings. The predicted molar refractivity (Wildman–Crippen MR) is 111 cm³/mol. The van der Waals surface area contributed by atoms with Crippen LogP contribution in [0.1, 0.15) is 37.9 Å². The lowest BCUT2D eigenvalue weighted by Crippen LogP contribution is -2.03. The average molecular weight is 362 g/mol. The number of nitrogens with one attached hydrogen (secondary N) is 2. The van der Waals surface area contributed by atoms with Gasteiger partial charge >= 0.3 is 0 Å². The molecule has 0 amide bonds. The highest BCUT2D eigenvalue weighted by Gasteiger charge is 2.07. The molecule has 0 spiro atoms. The smallest absolute Gasteiger partial charge is 0.229 e. The van der Waals surface area contributed by atoms with Crippen LogP contribution in [0.2, 0.25) is 0 Å². The van der Waals surface area contributed by atoms with Crippen LogP contribution in [0.3, 0.4) is 0 Å². The van der Waals surface area contributed by atoms with Crippen molar-refractivity contribution in [3.63, 3.8) is 0 Å². The highest BCUT2D eigenvalue weighted by atomic mass is 16.5. The van der Waals surface area contributed by atoms with Crippen LogP contribution < -0.4 is 15.4 Å². The van der Waals surface area contributed by atoms with Gasteiger partial charge in [-0.15, -0.1) is 0 Å². The zero-order valence-electron chi connectivity index (χ0n) is 16.3. The van der Waals surface area contributed by atoms with Gasteiger partial charge in [-0.3, -0.25) is 0 Å². The van der Waals surface area contributed by atoms with Crippen molar-refractivity contribution in [1.29, 1.82) is 0 Å². The summed E-state index contributed by atoms with van der Waals surface area (Å²) >= 11 is 0. The van der Waals surface area contributed by atoms with E-state index in [1.165, 1.54) is 5.56 Å². The Balaban J connectivity index is 1.80. The molecule has 0 fully saturated rings. The highest BCUT2D eigenvalue weighted by Crippen LogP contribution is 2.27. The highest BCUT2D eigenvalue weighted by molar-refractivity contribution is 5.65. The van der Waals surface area contributed by atoms with Gasteiger partial charge in [-0.1, -0.05) is 38.1 Å². The lowest BCUT2D eigenvalue weighted by Gasteiger charge is -2.13. The molecule has 0 radical (unpaired) electrons. The van der Waals surface area contributed by atoms with Crippen LogP contribution >= 0.6 is 0 Å². The number of aromatic nitrogens is 2. The molecular formula is C22H26N4O. The van der Waals surface area contributed by atoms with Crippen molar-refractivity contribution >= 4 is 23.1 Å². The first-order valence-corrected chi connectivity index (χ1v) is 9.26. The first kappa shape index (κ1) is 18.7. The summed E-state index contributed by atoms with van der Waals surface area (Å²) in [5.74, 6) is 2.59.